The lowest BCUT2D eigenvalue weighted by Gasteiger charge is -2.28. The largest absolute Gasteiger partial charge is 0.385 e. The van der Waals surface area contributed by atoms with Crippen LogP contribution < -0.4 is 5.32 Å². The molecule has 1 heterocycles. The molecular formula is C9H18N2S2. The van der Waals surface area contributed by atoms with Crippen molar-refractivity contribution >= 4 is 27.2 Å². The predicted octanol–water partition coefficient (Wildman–Crippen LogP) is 2.94. The molecule has 76 valence electrons. The molecule has 0 amide bonds. The van der Waals surface area contributed by atoms with E-state index in [-0.39, 0.29) is 0 Å². The zero-order chi connectivity index (χ0) is 10.1. The van der Waals surface area contributed by atoms with Crippen LogP contribution in [0.15, 0.2) is 5.03 Å². The van der Waals surface area contributed by atoms with Crippen LogP contribution in [0.25, 0.3) is 0 Å². The van der Waals surface area contributed by atoms with Gasteiger partial charge in [-0.15, -0.1) is 0 Å². The number of hydrogen-bond donors (Lipinski definition) is 1. The lowest BCUT2D eigenvalue weighted by Crippen LogP contribution is -2.03. The molecule has 0 saturated heterocycles. The van der Waals surface area contributed by atoms with Gasteiger partial charge < -0.3 is 5.32 Å². The summed E-state index contributed by atoms with van der Waals surface area (Å²) in [6, 6.07) is 0. The van der Waals surface area contributed by atoms with Crippen molar-refractivity contribution in [3.05, 3.63) is 4.88 Å². The summed E-state index contributed by atoms with van der Waals surface area (Å²) in [5.41, 5.74) is 1.26. The van der Waals surface area contributed by atoms with E-state index in [1.807, 2.05) is 7.05 Å². The standard InChI is InChI=1S/C9H18N2S2/c1-6-13(4,5)9-8(10-3)7(2)12-11-9/h10H,6H2,1-5H3. The highest BCUT2D eigenvalue weighted by molar-refractivity contribution is 8.32. The average molecular weight is 218 g/mol. The van der Waals surface area contributed by atoms with E-state index in [9.17, 15) is 0 Å². The molecule has 0 aliphatic heterocycles. The number of aryl methyl sites for hydroxylation is 1. The fourth-order valence-corrected chi connectivity index (χ4v) is 3.81. The number of aromatic nitrogens is 1. The molecule has 0 aromatic carbocycles. The van der Waals surface area contributed by atoms with Crippen LogP contribution >= 0.6 is 21.6 Å². The zero-order valence-electron chi connectivity index (χ0n) is 8.97. The van der Waals surface area contributed by atoms with Crippen molar-refractivity contribution in [2.24, 2.45) is 0 Å². The van der Waals surface area contributed by atoms with Crippen LogP contribution in [0.4, 0.5) is 5.69 Å². The van der Waals surface area contributed by atoms with Crippen LogP contribution in [-0.2, 0) is 0 Å². The molecule has 4 heteroatoms. The molecule has 0 bridgehead atoms. The molecule has 13 heavy (non-hydrogen) atoms. The zero-order valence-corrected chi connectivity index (χ0v) is 10.6. The Morgan fingerprint density at radius 3 is 2.54 bits per heavy atom. The van der Waals surface area contributed by atoms with Crippen LogP contribution in [0.1, 0.15) is 11.8 Å². The Morgan fingerprint density at radius 2 is 2.08 bits per heavy atom. The number of nitrogens with zero attached hydrogens (tertiary/aromatic N) is 1. The molecule has 1 N–H and O–H groups in total. The number of hydrogen-bond acceptors (Lipinski definition) is 3. The van der Waals surface area contributed by atoms with Crippen LogP contribution in [0.2, 0.25) is 0 Å². The molecule has 0 aliphatic carbocycles. The molecule has 0 atom stereocenters. The maximum Gasteiger partial charge on any atom is 0.116 e. The van der Waals surface area contributed by atoms with Gasteiger partial charge >= 0.3 is 0 Å². The summed E-state index contributed by atoms with van der Waals surface area (Å²) in [5, 5.41) is 4.54. The van der Waals surface area contributed by atoms with Crippen LogP contribution in [0.5, 0.6) is 0 Å². The summed E-state index contributed by atoms with van der Waals surface area (Å²) in [4.78, 5) is 1.30. The first-order chi connectivity index (χ1) is 6.03. The first kappa shape index (κ1) is 10.9. The van der Waals surface area contributed by atoms with Crippen molar-refractivity contribution in [3.8, 4) is 0 Å². The summed E-state index contributed by atoms with van der Waals surface area (Å²) in [6.45, 7) is 4.36. The summed E-state index contributed by atoms with van der Waals surface area (Å²) in [6.07, 6.45) is 4.64. The van der Waals surface area contributed by atoms with E-state index in [4.69, 9.17) is 0 Å². The lowest BCUT2D eigenvalue weighted by atomic mass is 10.4. The molecule has 1 rings (SSSR count). The summed E-state index contributed by atoms with van der Waals surface area (Å²) >= 11 is 1.61. The fourth-order valence-electron chi connectivity index (χ4n) is 1.15. The van der Waals surface area contributed by atoms with Crippen molar-refractivity contribution in [2.45, 2.75) is 18.9 Å². The normalized spacial score (nSPS) is 13.0. The molecule has 2 nitrogen and oxygen atoms in total. The number of nitrogens with one attached hydrogen (secondary N) is 1. The van der Waals surface area contributed by atoms with Crippen molar-refractivity contribution < 1.29 is 0 Å². The van der Waals surface area contributed by atoms with Gasteiger partial charge in [0.25, 0.3) is 0 Å². The van der Waals surface area contributed by atoms with Crippen LogP contribution in [0.3, 0.4) is 0 Å². The third-order valence-electron chi connectivity index (χ3n) is 2.33. The van der Waals surface area contributed by atoms with E-state index < -0.39 is 10.0 Å². The van der Waals surface area contributed by atoms with Crippen LogP contribution in [-0.4, -0.2) is 29.7 Å². The van der Waals surface area contributed by atoms with Crippen molar-refractivity contribution in [3.63, 3.8) is 0 Å². The van der Waals surface area contributed by atoms with Gasteiger partial charge in [0.05, 0.1) is 5.69 Å². The third-order valence-corrected chi connectivity index (χ3v) is 5.98. The van der Waals surface area contributed by atoms with Crippen molar-refractivity contribution in [1.82, 2.24) is 4.37 Å². The minimum atomic E-state index is -0.683. The lowest BCUT2D eigenvalue weighted by molar-refractivity contribution is 1.23. The van der Waals surface area contributed by atoms with Crippen molar-refractivity contribution in [1.29, 1.82) is 0 Å². The molecule has 0 radical (unpaired) electrons. The van der Waals surface area contributed by atoms with Gasteiger partial charge in [-0.25, -0.2) is 10.0 Å². The second-order valence-electron chi connectivity index (χ2n) is 3.50. The Morgan fingerprint density at radius 1 is 1.46 bits per heavy atom. The minimum Gasteiger partial charge on any atom is -0.385 e. The van der Waals surface area contributed by atoms with Crippen LogP contribution in [0, 0.1) is 6.92 Å². The van der Waals surface area contributed by atoms with Gasteiger partial charge in [0.15, 0.2) is 0 Å². The summed E-state index contributed by atoms with van der Waals surface area (Å²) in [7, 11) is 1.29. The van der Waals surface area contributed by atoms with Gasteiger partial charge in [0.1, 0.15) is 5.03 Å². The molecule has 0 unspecified atom stereocenters. The van der Waals surface area contributed by atoms with E-state index in [0.29, 0.717) is 0 Å². The Balaban J connectivity index is 3.14. The molecular weight excluding hydrogens is 200 g/mol. The van der Waals surface area contributed by atoms with E-state index >= 15 is 0 Å². The summed E-state index contributed by atoms with van der Waals surface area (Å²) < 4.78 is 4.55. The van der Waals surface area contributed by atoms with Gasteiger partial charge in [0.2, 0.25) is 0 Å². The summed E-state index contributed by atoms with van der Waals surface area (Å²) in [5.74, 6) is 1.20. The quantitative estimate of drug-likeness (QED) is 0.844. The van der Waals surface area contributed by atoms with E-state index in [1.165, 1.54) is 21.3 Å². The first-order valence-corrected chi connectivity index (χ1v) is 7.77. The van der Waals surface area contributed by atoms with Gasteiger partial charge in [0, 0.05) is 11.9 Å². The van der Waals surface area contributed by atoms with Gasteiger partial charge in [-0.3, -0.25) is 0 Å². The Labute approximate surface area is 86.2 Å². The second-order valence-corrected chi connectivity index (χ2v) is 8.51. The van der Waals surface area contributed by atoms with Gasteiger partial charge in [-0.05, 0) is 36.7 Å². The second kappa shape index (κ2) is 3.88. The maximum atomic E-state index is 4.55. The molecule has 0 saturated carbocycles. The van der Waals surface area contributed by atoms with Crippen molar-refractivity contribution in [2.75, 3.05) is 30.6 Å². The minimum absolute atomic E-state index is 0.683. The van der Waals surface area contributed by atoms with Gasteiger partial charge in [-0.1, -0.05) is 6.92 Å². The molecule has 0 spiro atoms. The topological polar surface area (TPSA) is 24.9 Å². The molecule has 0 fully saturated rings. The van der Waals surface area contributed by atoms with Gasteiger partial charge in [-0.2, -0.15) is 4.37 Å². The number of anilines is 1. The van der Waals surface area contributed by atoms with E-state index in [1.54, 1.807) is 11.5 Å². The maximum absolute atomic E-state index is 4.55. The molecule has 0 aliphatic rings. The Hall–Kier alpha value is -0.220. The average Bonchev–Trinajstić information content (AvgIpc) is 2.47. The highest BCUT2D eigenvalue weighted by atomic mass is 32.3. The first-order valence-electron chi connectivity index (χ1n) is 4.38. The molecule has 1 aromatic rings. The SMILES string of the molecule is CCS(C)(C)c1nsc(C)c1NC. The number of rotatable bonds is 3. The molecule has 1 aromatic heterocycles. The fraction of sp³-hybridized carbons (Fsp3) is 0.667. The highest BCUT2D eigenvalue weighted by Crippen LogP contribution is 2.52. The Bertz CT molecular complexity index is 292. The highest BCUT2D eigenvalue weighted by Gasteiger charge is 2.20. The predicted molar refractivity (Wildman–Crippen MR) is 64.6 cm³/mol. The smallest absolute Gasteiger partial charge is 0.116 e. The van der Waals surface area contributed by atoms with E-state index in [0.717, 1.165) is 0 Å². The van der Waals surface area contributed by atoms with E-state index in [2.05, 4.69) is 36.0 Å². The Kier molecular flexibility index (Phi) is 3.24. The monoisotopic (exact) mass is 218 g/mol. The third kappa shape index (κ3) is 1.99.